The molecule has 6 rings (SSSR count). The largest absolute Gasteiger partial charge is 0.481 e. The number of methoxy groups -OCH3 is 1. The summed E-state index contributed by atoms with van der Waals surface area (Å²) in [6, 6.07) is 17.2. The second-order valence-corrected chi connectivity index (χ2v) is 10.7. The van der Waals surface area contributed by atoms with E-state index in [4.69, 9.17) is 24.7 Å². The molecule has 2 aliphatic rings. The first kappa shape index (κ1) is 26.1. The van der Waals surface area contributed by atoms with Crippen LogP contribution in [0.5, 0.6) is 5.88 Å². The van der Waals surface area contributed by atoms with Crippen molar-refractivity contribution < 1.29 is 4.74 Å². The van der Waals surface area contributed by atoms with Crippen molar-refractivity contribution >= 4 is 28.4 Å². The number of piperazine rings is 1. The fraction of sp³-hybridized carbons (Fsp3) is 0.367. The summed E-state index contributed by atoms with van der Waals surface area (Å²) < 4.78 is 5.20. The lowest BCUT2D eigenvalue weighted by Gasteiger charge is -2.44. The van der Waals surface area contributed by atoms with Crippen molar-refractivity contribution in [2.24, 2.45) is 4.99 Å². The number of hydrazine groups is 1. The van der Waals surface area contributed by atoms with Gasteiger partial charge in [0.25, 0.3) is 0 Å². The molecule has 10 heteroatoms. The summed E-state index contributed by atoms with van der Waals surface area (Å²) >= 11 is 0. The molecule has 3 atom stereocenters. The number of para-hydroxylation sites is 1. The molecule has 5 heterocycles. The van der Waals surface area contributed by atoms with Gasteiger partial charge in [-0.1, -0.05) is 18.2 Å². The van der Waals surface area contributed by atoms with E-state index in [1.165, 1.54) is 5.56 Å². The van der Waals surface area contributed by atoms with Crippen molar-refractivity contribution in [1.29, 1.82) is 0 Å². The first-order valence-electron chi connectivity index (χ1n) is 13.8. The molecular formula is C30H35N9O. The van der Waals surface area contributed by atoms with Gasteiger partial charge in [0.15, 0.2) is 11.6 Å². The number of nitrogens with one attached hydrogen (secondary N) is 2. The molecule has 2 saturated heterocycles. The van der Waals surface area contributed by atoms with Gasteiger partial charge in [-0.3, -0.25) is 4.90 Å². The number of amidine groups is 1. The van der Waals surface area contributed by atoms with Gasteiger partial charge in [0.05, 0.1) is 12.6 Å². The Labute approximate surface area is 234 Å². The Morgan fingerprint density at radius 3 is 2.55 bits per heavy atom. The normalized spacial score (nSPS) is 22.6. The van der Waals surface area contributed by atoms with Gasteiger partial charge in [-0.05, 0) is 50.6 Å². The molecule has 0 spiro atoms. The molecule has 2 unspecified atom stereocenters. The summed E-state index contributed by atoms with van der Waals surface area (Å²) in [7, 11) is 1.64. The zero-order valence-electron chi connectivity index (χ0n) is 23.4. The third-order valence-electron chi connectivity index (χ3n) is 7.59. The van der Waals surface area contributed by atoms with Crippen molar-refractivity contribution in [3.05, 3.63) is 66.5 Å². The number of anilines is 1. The van der Waals surface area contributed by atoms with Crippen molar-refractivity contribution in [1.82, 2.24) is 35.7 Å². The van der Waals surface area contributed by atoms with Crippen molar-refractivity contribution in [3.8, 4) is 17.3 Å². The molecule has 0 amide bonds. The maximum Gasteiger partial charge on any atom is 0.212 e. The molecular weight excluding hydrogens is 502 g/mol. The number of nitrogens with zero attached hydrogens (tertiary/aromatic N) is 7. The first-order chi connectivity index (χ1) is 19.5. The molecule has 0 aliphatic carbocycles. The van der Waals surface area contributed by atoms with Crippen LogP contribution in [0.3, 0.4) is 0 Å². The predicted octanol–water partition coefficient (Wildman–Crippen LogP) is 4.11. The van der Waals surface area contributed by atoms with Crippen LogP contribution in [0, 0.1) is 0 Å². The van der Waals surface area contributed by atoms with Crippen LogP contribution >= 0.6 is 0 Å². The van der Waals surface area contributed by atoms with Gasteiger partial charge in [0.1, 0.15) is 11.7 Å². The van der Waals surface area contributed by atoms with Crippen molar-refractivity contribution in [2.45, 2.75) is 51.9 Å². The lowest BCUT2D eigenvalue weighted by molar-refractivity contribution is 0.157. The predicted molar refractivity (Wildman–Crippen MR) is 158 cm³/mol. The standard InChI is InChI=1S/C30H35N9O/c1-19-13-26(37-36-19)34-30-24-7-5-6-8-25(24)33-29(35-30)23-10-11-27(31-15-23)39-17-20(2)38(16-21(39)3)18-22-9-12-28(40-4)32-14-22/h5-12,14-15,19-21,36H,13,16-18H2,1-4H3,(H,33,34,35,37)/t19?,20?,21-/m1/s1. The Bertz CT molecular complexity index is 1510. The van der Waals surface area contributed by atoms with E-state index in [0.717, 1.165) is 54.2 Å². The van der Waals surface area contributed by atoms with E-state index in [-0.39, 0.29) is 0 Å². The van der Waals surface area contributed by atoms with E-state index in [1.807, 2.05) is 42.7 Å². The minimum atomic E-state index is 0.315. The van der Waals surface area contributed by atoms with Gasteiger partial charge in [-0.15, -0.1) is 0 Å². The number of aromatic nitrogens is 4. The second-order valence-electron chi connectivity index (χ2n) is 10.7. The fourth-order valence-corrected chi connectivity index (χ4v) is 5.36. The van der Waals surface area contributed by atoms with E-state index >= 15 is 0 Å². The molecule has 206 valence electrons. The van der Waals surface area contributed by atoms with Crippen LogP contribution in [0.4, 0.5) is 11.6 Å². The zero-order valence-corrected chi connectivity index (χ0v) is 23.4. The van der Waals surface area contributed by atoms with Gasteiger partial charge in [-0.25, -0.2) is 30.4 Å². The van der Waals surface area contributed by atoms with Crippen LogP contribution in [0.25, 0.3) is 22.3 Å². The highest BCUT2D eigenvalue weighted by molar-refractivity contribution is 5.94. The van der Waals surface area contributed by atoms with Crippen LogP contribution in [0.2, 0.25) is 0 Å². The lowest BCUT2D eigenvalue weighted by atomic mass is 10.1. The van der Waals surface area contributed by atoms with Gasteiger partial charge in [0, 0.05) is 73.6 Å². The number of hydrogen-bond donors (Lipinski definition) is 2. The van der Waals surface area contributed by atoms with Crippen LogP contribution < -0.4 is 20.5 Å². The van der Waals surface area contributed by atoms with Crippen molar-refractivity contribution in [2.75, 3.05) is 25.1 Å². The Morgan fingerprint density at radius 2 is 1.82 bits per heavy atom. The Morgan fingerprint density at radius 1 is 0.950 bits per heavy atom. The first-order valence-corrected chi connectivity index (χ1v) is 13.8. The summed E-state index contributed by atoms with van der Waals surface area (Å²) in [5.41, 5.74) is 9.27. The van der Waals surface area contributed by atoms with Crippen LogP contribution in [0.1, 0.15) is 32.8 Å². The van der Waals surface area contributed by atoms with E-state index in [9.17, 15) is 0 Å². The van der Waals surface area contributed by atoms with Gasteiger partial charge < -0.3 is 15.1 Å². The number of ether oxygens (including phenoxy) is 1. The molecule has 2 fully saturated rings. The third-order valence-corrected chi connectivity index (χ3v) is 7.59. The summed E-state index contributed by atoms with van der Waals surface area (Å²) in [6.45, 7) is 9.34. The number of benzene rings is 1. The molecule has 2 aliphatic heterocycles. The maximum atomic E-state index is 5.20. The summed E-state index contributed by atoms with van der Waals surface area (Å²) in [4.78, 5) is 28.6. The molecule has 4 aromatic rings. The summed E-state index contributed by atoms with van der Waals surface area (Å²) in [5, 5.41) is 0.927. The van der Waals surface area contributed by atoms with E-state index in [1.54, 1.807) is 7.11 Å². The molecule has 0 saturated carbocycles. The van der Waals surface area contributed by atoms with Gasteiger partial charge in [-0.2, -0.15) is 0 Å². The average molecular weight is 538 g/mol. The van der Waals surface area contributed by atoms with Crippen LogP contribution in [-0.2, 0) is 6.54 Å². The topological polar surface area (TPSA) is 104 Å². The average Bonchev–Trinajstić information content (AvgIpc) is 3.39. The van der Waals surface area contributed by atoms with Gasteiger partial charge >= 0.3 is 0 Å². The molecule has 2 N–H and O–H groups in total. The van der Waals surface area contributed by atoms with Gasteiger partial charge in [0.2, 0.25) is 5.88 Å². The highest BCUT2D eigenvalue weighted by atomic mass is 16.5. The smallest absolute Gasteiger partial charge is 0.212 e. The Balaban J connectivity index is 1.20. The maximum absolute atomic E-state index is 5.20. The van der Waals surface area contributed by atoms with Crippen molar-refractivity contribution in [3.63, 3.8) is 0 Å². The summed E-state index contributed by atoms with van der Waals surface area (Å²) in [5.74, 6) is 3.76. The molecule has 40 heavy (non-hydrogen) atoms. The molecule has 10 nitrogen and oxygen atoms in total. The molecule has 3 aromatic heterocycles. The lowest BCUT2D eigenvalue weighted by Crippen LogP contribution is -2.56. The second kappa shape index (κ2) is 11.1. The van der Waals surface area contributed by atoms with E-state index in [2.05, 4.69) is 64.6 Å². The monoisotopic (exact) mass is 537 g/mol. The highest BCUT2D eigenvalue weighted by Crippen LogP contribution is 2.29. The Hall–Kier alpha value is -4.15. The Kier molecular flexibility index (Phi) is 7.27. The number of pyridine rings is 2. The van der Waals surface area contributed by atoms with E-state index in [0.29, 0.717) is 35.6 Å². The SMILES string of the molecule is COc1ccc(CN2C[C@@H](C)N(c3ccc(-c4nc(N=C5CC(C)NN5)c5ccccc5n4)cn3)CC2C)cn1. The van der Waals surface area contributed by atoms with Crippen LogP contribution in [-0.4, -0.2) is 69.0 Å². The minimum absolute atomic E-state index is 0.315. The van der Waals surface area contributed by atoms with Crippen LogP contribution in [0.15, 0.2) is 65.9 Å². The highest BCUT2D eigenvalue weighted by Gasteiger charge is 2.30. The molecule has 0 bridgehead atoms. The third kappa shape index (κ3) is 5.45. The zero-order chi connectivity index (χ0) is 27.6. The fourth-order valence-electron chi connectivity index (χ4n) is 5.36. The molecule has 0 radical (unpaired) electrons. The quantitative estimate of drug-likeness (QED) is 0.376. The van der Waals surface area contributed by atoms with E-state index < -0.39 is 0 Å². The number of rotatable bonds is 6. The molecule has 1 aromatic carbocycles. The number of fused-ring (bicyclic) bond motifs is 1. The number of aliphatic imine (C=N–C) groups is 1. The minimum Gasteiger partial charge on any atom is -0.481 e. The summed E-state index contributed by atoms with van der Waals surface area (Å²) in [6.07, 6.45) is 4.60. The number of hydrogen-bond acceptors (Lipinski definition) is 9.